The number of rotatable bonds is 6. The topological polar surface area (TPSA) is 82.0 Å². The lowest BCUT2D eigenvalue weighted by Crippen LogP contribution is -2.49. The molecule has 0 unspecified atom stereocenters. The summed E-state index contributed by atoms with van der Waals surface area (Å²) >= 11 is 0. The normalized spacial score (nSPS) is 17.0. The summed E-state index contributed by atoms with van der Waals surface area (Å²) in [6.45, 7) is 10.2. The van der Waals surface area contributed by atoms with Crippen LogP contribution >= 0.6 is 0 Å². The zero-order valence-corrected chi connectivity index (χ0v) is 24.2. The summed E-state index contributed by atoms with van der Waals surface area (Å²) in [5.41, 5.74) is 0.625. The third-order valence-corrected chi connectivity index (χ3v) is 8.21. The van der Waals surface area contributed by atoms with Crippen LogP contribution in [0.3, 0.4) is 0 Å². The molecule has 4 rings (SSSR count). The van der Waals surface area contributed by atoms with Gasteiger partial charge in [0.25, 0.3) is 5.69 Å². The molecular weight excluding hydrogens is 547 g/mol. The number of hydrogen-bond donors (Lipinski definition) is 1. The van der Waals surface area contributed by atoms with Crippen LogP contribution in [0.5, 0.6) is 0 Å². The second-order valence-corrected chi connectivity index (χ2v) is 12.3. The lowest BCUT2D eigenvalue weighted by Gasteiger charge is -2.38. The fourth-order valence-electron chi connectivity index (χ4n) is 5.72. The number of hydrogen-bond acceptors (Lipinski definition) is 5. The van der Waals surface area contributed by atoms with Gasteiger partial charge in [-0.2, -0.15) is 13.2 Å². The number of piperidine rings is 2. The molecule has 1 N–H and O–H groups in total. The monoisotopic (exact) mass is 591 g/mol. The molecule has 0 aromatic heterocycles. The van der Waals surface area contributed by atoms with Gasteiger partial charge in [-0.25, -0.2) is 4.79 Å². The van der Waals surface area contributed by atoms with Crippen LogP contribution < -0.4 is 10.2 Å². The SMILES string of the molecule is C.CN(CC1CCN(c2ccc(C(C)(C)C)cc2)CC1)C(=O)N1CCC(Nc2ccc([N+](=O)[O-])c(C(F)(F)F)c2)CC1. The van der Waals surface area contributed by atoms with Crippen molar-refractivity contribution in [1.29, 1.82) is 0 Å². The average Bonchev–Trinajstić information content (AvgIpc) is 2.92. The van der Waals surface area contributed by atoms with Crippen LogP contribution in [0.15, 0.2) is 42.5 Å². The molecule has 11 heteroatoms. The molecule has 2 aliphatic rings. The second-order valence-electron chi connectivity index (χ2n) is 12.3. The van der Waals surface area contributed by atoms with E-state index in [0.717, 1.165) is 38.1 Å². The summed E-state index contributed by atoms with van der Waals surface area (Å²) in [5.74, 6) is 0.429. The van der Waals surface area contributed by atoms with Gasteiger partial charge in [-0.1, -0.05) is 40.3 Å². The number of benzene rings is 2. The average molecular weight is 592 g/mol. The number of likely N-dealkylation sites (tertiary alicyclic amines) is 1. The summed E-state index contributed by atoms with van der Waals surface area (Å²) in [5, 5.41) is 14.1. The lowest BCUT2D eigenvalue weighted by atomic mass is 9.87. The van der Waals surface area contributed by atoms with Crippen molar-refractivity contribution >= 4 is 23.1 Å². The van der Waals surface area contributed by atoms with E-state index in [1.54, 1.807) is 9.80 Å². The Kier molecular flexibility index (Phi) is 10.4. The summed E-state index contributed by atoms with van der Waals surface area (Å²) < 4.78 is 39.9. The standard InChI is InChI=1S/C30H40F3N5O3.CH4/c1-29(2,3)22-5-8-25(9-6-22)36-15-11-21(12-16-36)20-35(4)28(39)37-17-13-23(14-18-37)34-24-7-10-27(38(40)41)26(19-24)30(31,32)33;/h5-10,19,21,23,34H,11-18,20H2,1-4H3;1H4. The van der Waals surface area contributed by atoms with Gasteiger partial charge in [-0.3, -0.25) is 10.1 Å². The first-order chi connectivity index (χ1) is 19.2. The number of alkyl halides is 3. The Bertz CT molecular complexity index is 1210. The third kappa shape index (κ3) is 8.07. The number of nitro benzene ring substituents is 1. The number of amides is 2. The van der Waals surface area contributed by atoms with E-state index in [1.807, 2.05) is 7.05 Å². The molecule has 2 aromatic carbocycles. The first-order valence-corrected chi connectivity index (χ1v) is 14.2. The minimum Gasteiger partial charge on any atom is -0.382 e. The molecule has 2 saturated heterocycles. The van der Waals surface area contributed by atoms with E-state index < -0.39 is 22.4 Å². The van der Waals surface area contributed by atoms with Crippen molar-refractivity contribution in [2.75, 3.05) is 50.0 Å². The van der Waals surface area contributed by atoms with Crippen LogP contribution in [0.4, 0.5) is 35.0 Å². The smallest absolute Gasteiger partial charge is 0.382 e. The lowest BCUT2D eigenvalue weighted by molar-refractivity contribution is -0.388. The van der Waals surface area contributed by atoms with Crippen LogP contribution in [-0.2, 0) is 11.6 Å². The Morgan fingerprint density at radius 2 is 1.60 bits per heavy atom. The zero-order chi connectivity index (χ0) is 29.9. The molecule has 0 saturated carbocycles. The molecule has 2 aliphatic heterocycles. The minimum absolute atomic E-state index is 0. The van der Waals surface area contributed by atoms with Crippen molar-refractivity contribution < 1.29 is 22.9 Å². The van der Waals surface area contributed by atoms with E-state index in [-0.39, 0.29) is 30.6 Å². The van der Waals surface area contributed by atoms with E-state index in [2.05, 4.69) is 55.3 Å². The van der Waals surface area contributed by atoms with E-state index >= 15 is 0 Å². The molecular formula is C31H44F3N5O3. The van der Waals surface area contributed by atoms with Gasteiger partial charge in [0, 0.05) is 63.3 Å². The molecule has 2 fully saturated rings. The van der Waals surface area contributed by atoms with Gasteiger partial charge in [-0.05, 0) is 66.8 Å². The van der Waals surface area contributed by atoms with E-state index in [9.17, 15) is 28.1 Å². The number of halogens is 3. The Morgan fingerprint density at radius 3 is 2.12 bits per heavy atom. The fourth-order valence-corrected chi connectivity index (χ4v) is 5.72. The number of nitrogens with one attached hydrogen (secondary N) is 1. The molecule has 2 heterocycles. The number of nitrogens with zero attached hydrogens (tertiary/aromatic N) is 4. The predicted octanol–water partition coefficient (Wildman–Crippen LogP) is 7.39. The summed E-state index contributed by atoms with van der Waals surface area (Å²) in [7, 11) is 1.83. The number of carbonyl (C=O) groups excluding carboxylic acids is 1. The molecule has 232 valence electrons. The van der Waals surface area contributed by atoms with Crippen molar-refractivity contribution in [2.45, 2.75) is 71.5 Å². The Hall–Kier alpha value is -3.50. The molecule has 0 atom stereocenters. The van der Waals surface area contributed by atoms with Crippen LogP contribution in [0, 0.1) is 16.0 Å². The quantitative estimate of drug-likeness (QED) is 0.280. The molecule has 0 spiro atoms. The van der Waals surface area contributed by atoms with Crippen LogP contribution in [0.25, 0.3) is 0 Å². The van der Waals surface area contributed by atoms with Crippen molar-refractivity contribution in [3.63, 3.8) is 0 Å². The highest BCUT2D eigenvalue weighted by atomic mass is 19.4. The van der Waals surface area contributed by atoms with Crippen molar-refractivity contribution in [2.24, 2.45) is 5.92 Å². The van der Waals surface area contributed by atoms with E-state index in [0.29, 0.717) is 38.4 Å². The first-order valence-electron chi connectivity index (χ1n) is 14.2. The fraction of sp³-hybridized carbons (Fsp3) is 0.581. The molecule has 0 bridgehead atoms. The second kappa shape index (κ2) is 13.2. The van der Waals surface area contributed by atoms with Crippen LogP contribution in [0.2, 0.25) is 0 Å². The van der Waals surface area contributed by atoms with Gasteiger partial charge in [0.15, 0.2) is 0 Å². The number of urea groups is 1. The van der Waals surface area contributed by atoms with E-state index in [1.165, 1.54) is 17.3 Å². The summed E-state index contributed by atoms with van der Waals surface area (Å²) in [4.78, 5) is 29.1. The molecule has 0 radical (unpaired) electrons. The van der Waals surface area contributed by atoms with Gasteiger partial charge in [0.2, 0.25) is 0 Å². The Balaban J connectivity index is 0.00000484. The van der Waals surface area contributed by atoms with Gasteiger partial charge in [0.05, 0.1) is 4.92 Å². The van der Waals surface area contributed by atoms with Gasteiger partial charge < -0.3 is 20.0 Å². The van der Waals surface area contributed by atoms with Crippen molar-refractivity contribution in [3.05, 3.63) is 63.7 Å². The highest BCUT2D eigenvalue weighted by Gasteiger charge is 2.38. The molecule has 2 amide bonds. The molecule has 2 aromatic rings. The number of nitro groups is 1. The highest BCUT2D eigenvalue weighted by molar-refractivity contribution is 5.74. The highest BCUT2D eigenvalue weighted by Crippen LogP contribution is 2.38. The van der Waals surface area contributed by atoms with E-state index in [4.69, 9.17) is 0 Å². The first kappa shape index (κ1) is 33.0. The zero-order valence-electron chi connectivity index (χ0n) is 24.2. The maximum absolute atomic E-state index is 13.3. The summed E-state index contributed by atoms with van der Waals surface area (Å²) in [6, 6.07) is 11.6. The largest absolute Gasteiger partial charge is 0.423 e. The van der Waals surface area contributed by atoms with Crippen LogP contribution in [-0.4, -0.2) is 66.6 Å². The molecule has 8 nitrogen and oxygen atoms in total. The van der Waals surface area contributed by atoms with Crippen molar-refractivity contribution in [3.8, 4) is 0 Å². The van der Waals surface area contributed by atoms with Crippen molar-refractivity contribution in [1.82, 2.24) is 9.80 Å². The predicted molar refractivity (Wildman–Crippen MR) is 161 cm³/mol. The molecule has 0 aliphatic carbocycles. The molecule has 42 heavy (non-hydrogen) atoms. The van der Waals surface area contributed by atoms with Gasteiger partial charge in [0.1, 0.15) is 5.56 Å². The third-order valence-electron chi connectivity index (χ3n) is 8.21. The number of anilines is 2. The van der Waals surface area contributed by atoms with Gasteiger partial charge in [-0.15, -0.1) is 0 Å². The minimum atomic E-state index is -4.82. The number of carbonyl (C=O) groups is 1. The Morgan fingerprint density at radius 1 is 1.00 bits per heavy atom. The maximum Gasteiger partial charge on any atom is 0.423 e. The van der Waals surface area contributed by atoms with Crippen LogP contribution in [0.1, 0.15) is 65.0 Å². The summed E-state index contributed by atoms with van der Waals surface area (Å²) in [6.07, 6.45) is -1.65. The van der Waals surface area contributed by atoms with Gasteiger partial charge >= 0.3 is 12.2 Å². The maximum atomic E-state index is 13.3. The Labute approximate surface area is 247 Å².